The highest BCUT2D eigenvalue weighted by Gasteiger charge is 2.10. The molecule has 1 rings (SSSR count). The Morgan fingerprint density at radius 3 is 2.81 bits per heavy atom. The van der Waals surface area contributed by atoms with E-state index in [1.165, 1.54) is 0 Å². The third-order valence-electron chi connectivity index (χ3n) is 2.44. The van der Waals surface area contributed by atoms with E-state index < -0.39 is 0 Å². The molecule has 0 aliphatic carbocycles. The zero-order valence-corrected chi connectivity index (χ0v) is 10.9. The molecule has 0 aliphatic rings. The molecule has 0 saturated carbocycles. The summed E-state index contributed by atoms with van der Waals surface area (Å²) in [6.45, 7) is 7.84. The van der Waals surface area contributed by atoms with E-state index in [-0.39, 0.29) is 5.69 Å². The first kappa shape index (κ1) is 13.3. The second-order valence-electron chi connectivity index (χ2n) is 3.53. The maximum atomic E-state index is 11.3. The van der Waals surface area contributed by atoms with Gasteiger partial charge in [0.2, 0.25) is 0 Å². The third-order valence-corrected chi connectivity index (χ3v) is 3.58. The Balaban J connectivity index is 2.56. The molecular weight excluding hydrogens is 224 g/mol. The van der Waals surface area contributed by atoms with Crippen LogP contribution in [-0.2, 0) is 6.54 Å². The quantitative estimate of drug-likeness (QED) is 0.704. The van der Waals surface area contributed by atoms with Crippen molar-refractivity contribution >= 4 is 11.8 Å². The summed E-state index contributed by atoms with van der Waals surface area (Å²) < 4.78 is 1.66. The molecule has 1 aromatic heterocycles. The number of nitrogens with zero attached hydrogens (tertiary/aromatic N) is 2. The average Bonchev–Trinajstić information content (AvgIpc) is 2.65. The molecule has 0 radical (unpaired) electrons. The number of thioether (sulfide) groups is 1. The fourth-order valence-corrected chi connectivity index (χ4v) is 2.66. The molecule has 0 amide bonds. The van der Waals surface area contributed by atoms with Gasteiger partial charge in [0.05, 0.1) is 0 Å². The first-order valence-corrected chi connectivity index (χ1v) is 6.72. The first-order valence-electron chi connectivity index (χ1n) is 5.74. The maximum absolute atomic E-state index is 11.3. The molecule has 1 heterocycles. The molecule has 0 fully saturated rings. The number of hydrogen-bond acceptors (Lipinski definition) is 4. The Morgan fingerprint density at radius 1 is 1.50 bits per heavy atom. The lowest BCUT2D eigenvalue weighted by atomic mass is 10.2. The summed E-state index contributed by atoms with van der Waals surface area (Å²) in [7, 11) is 0. The lowest BCUT2D eigenvalue weighted by Gasteiger charge is -2.14. The number of aromatic amines is 1. The van der Waals surface area contributed by atoms with Crippen LogP contribution in [0.3, 0.4) is 0 Å². The molecule has 1 aromatic rings. The molecule has 6 heteroatoms. The molecule has 0 bridgehead atoms. The van der Waals surface area contributed by atoms with Gasteiger partial charge in [0, 0.05) is 18.3 Å². The lowest BCUT2D eigenvalue weighted by Crippen LogP contribution is -2.30. The van der Waals surface area contributed by atoms with Crippen LogP contribution in [0.15, 0.2) is 9.95 Å². The summed E-state index contributed by atoms with van der Waals surface area (Å²) >= 11 is 1.62. The molecule has 92 valence electrons. The fraction of sp³-hybridized carbons (Fsp3) is 0.800. The predicted molar refractivity (Wildman–Crippen MR) is 67.0 cm³/mol. The van der Waals surface area contributed by atoms with Crippen molar-refractivity contribution in [3.8, 4) is 0 Å². The highest BCUT2D eigenvalue weighted by atomic mass is 32.2. The minimum atomic E-state index is -0.124. The van der Waals surface area contributed by atoms with Crippen molar-refractivity contribution in [2.45, 2.75) is 44.9 Å². The van der Waals surface area contributed by atoms with Gasteiger partial charge in [-0.25, -0.2) is 9.89 Å². The Kier molecular flexibility index (Phi) is 5.62. The van der Waals surface area contributed by atoms with E-state index in [2.05, 4.69) is 29.4 Å². The van der Waals surface area contributed by atoms with E-state index in [1.807, 2.05) is 6.92 Å². The third kappa shape index (κ3) is 3.38. The fourth-order valence-electron chi connectivity index (χ4n) is 1.48. The van der Waals surface area contributed by atoms with Crippen molar-refractivity contribution in [3.05, 3.63) is 10.5 Å². The highest BCUT2D eigenvalue weighted by molar-refractivity contribution is 7.99. The second-order valence-corrected chi connectivity index (χ2v) is 4.52. The average molecular weight is 244 g/mol. The second kappa shape index (κ2) is 6.75. The summed E-state index contributed by atoms with van der Waals surface area (Å²) in [5.74, 6) is 0.939. The van der Waals surface area contributed by atoms with Gasteiger partial charge >= 0.3 is 5.69 Å². The Morgan fingerprint density at radius 2 is 2.25 bits per heavy atom. The largest absolute Gasteiger partial charge is 0.343 e. The zero-order chi connectivity index (χ0) is 12.0. The molecule has 16 heavy (non-hydrogen) atoms. The summed E-state index contributed by atoms with van der Waals surface area (Å²) in [6, 6.07) is 0.479. The van der Waals surface area contributed by atoms with E-state index in [4.69, 9.17) is 0 Å². The Bertz CT molecular complexity index is 360. The van der Waals surface area contributed by atoms with Crippen LogP contribution in [0.4, 0.5) is 0 Å². The SMILES string of the molecule is CCNC(CC)CSc1n[nH]c(=O)n1CC. The molecule has 0 aliphatic heterocycles. The van der Waals surface area contributed by atoms with E-state index >= 15 is 0 Å². The molecule has 1 atom stereocenters. The van der Waals surface area contributed by atoms with Gasteiger partial charge < -0.3 is 5.32 Å². The number of hydrogen-bond donors (Lipinski definition) is 2. The number of rotatable bonds is 7. The van der Waals surface area contributed by atoms with Gasteiger partial charge in [-0.15, -0.1) is 5.10 Å². The number of H-pyrrole nitrogens is 1. The minimum Gasteiger partial charge on any atom is -0.313 e. The van der Waals surface area contributed by atoms with Crippen LogP contribution in [0.5, 0.6) is 0 Å². The van der Waals surface area contributed by atoms with E-state index in [1.54, 1.807) is 16.3 Å². The van der Waals surface area contributed by atoms with Crippen LogP contribution in [0.2, 0.25) is 0 Å². The van der Waals surface area contributed by atoms with Gasteiger partial charge in [0.1, 0.15) is 0 Å². The number of aromatic nitrogens is 3. The number of nitrogens with one attached hydrogen (secondary N) is 2. The van der Waals surface area contributed by atoms with Gasteiger partial charge in [0.25, 0.3) is 0 Å². The van der Waals surface area contributed by atoms with Gasteiger partial charge in [-0.05, 0) is 19.9 Å². The van der Waals surface area contributed by atoms with E-state index in [9.17, 15) is 4.79 Å². The zero-order valence-electron chi connectivity index (χ0n) is 10.1. The lowest BCUT2D eigenvalue weighted by molar-refractivity contribution is 0.558. The standard InChI is InChI=1S/C10H20N4OS/c1-4-8(11-5-2)7-16-10-13-12-9(15)14(10)6-3/h8,11H,4-7H2,1-3H3,(H,12,15). The van der Waals surface area contributed by atoms with Crippen molar-refractivity contribution < 1.29 is 0 Å². The van der Waals surface area contributed by atoms with Gasteiger partial charge in [-0.3, -0.25) is 4.57 Å². The van der Waals surface area contributed by atoms with Crippen LogP contribution >= 0.6 is 11.8 Å². The summed E-state index contributed by atoms with van der Waals surface area (Å²) in [6.07, 6.45) is 1.08. The van der Waals surface area contributed by atoms with Crippen molar-refractivity contribution in [2.75, 3.05) is 12.3 Å². The van der Waals surface area contributed by atoms with Gasteiger partial charge in [-0.2, -0.15) is 0 Å². The highest BCUT2D eigenvalue weighted by Crippen LogP contribution is 2.15. The van der Waals surface area contributed by atoms with Crippen LogP contribution in [-0.4, -0.2) is 33.1 Å². The molecule has 0 spiro atoms. The predicted octanol–water partition coefficient (Wildman–Crippen LogP) is 1.07. The van der Waals surface area contributed by atoms with Crippen LogP contribution in [0, 0.1) is 0 Å². The van der Waals surface area contributed by atoms with Gasteiger partial charge in [0.15, 0.2) is 5.16 Å². The van der Waals surface area contributed by atoms with Crippen molar-refractivity contribution in [1.82, 2.24) is 20.1 Å². The molecule has 2 N–H and O–H groups in total. The Hall–Kier alpha value is -0.750. The van der Waals surface area contributed by atoms with Crippen LogP contribution in [0.25, 0.3) is 0 Å². The first-order chi connectivity index (χ1) is 7.72. The summed E-state index contributed by atoms with van der Waals surface area (Å²) in [5.41, 5.74) is -0.124. The molecular formula is C10H20N4OS. The molecule has 0 saturated heterocycles. The van der Waals surface area contributed by atoms with Crippen molar-refractivity contribution in [2.24, 2.45) is 0 Å². The summed E-state index contributed by atoms with van der Waals surface area (Å²) in [4.78, 5) is 11.3. The smallest absolute Gasteiger partial charge is 0.313 e. The van der Waals surface area contributed by atoms with Gasteiger partial charge in [-0.1, -0.05) is 25.6 Å². The van der Waals surface area contributed by atoms with Crippen LogP contribution in [0.1, 0.15) is 27.2 Å². The molecule has 1 unspecified atom stereocenters. The van der Waals surface area contributed by atoms with E-state index in [0.717, 1.165) is 23.9 Å². The monoisotopic (exact) mass is 244 g/mol. The molecule has 0 aromatic carbocycles. The van der Waals surface area contributed by atoms with Crippen LogP contribution < -0.4 is 11.0 Å². The topological polar surface area (TPSA) is 62.7 Å². The molecule has 5 nitrogen and oxygen atoms in total. The summed E-state index contributed by atoms with van der Waals surface area (Å²) in [5, 5.41) is 10.7. The van der Waals surface area contributed by atoms with Crippen molar-refractivity contribution in [3.63, 3.8) is 0 Å². The minimum absolute atomic E-state index is 0.124. The maximum Gasteiger partial charge on any atom is 0.343 e. The normalized spacial score (nSPS) is 12.9. The van der Waals surface area contributed by atoms with Crippen molar-refractivity contribution in [1.29, 1.82) is 0 Å². The van der Waals surface area contributed by atoms with E-state index in [0.29, 0.717) is 12.6 Å². The Labute approximate surface area is 100 Å².